The van der Waals surface area contributed by atoms with Gasteiger partial charge in [0.05, 0.1) is 12.2 Å². The van der Waals surface area contributed by atoms with Crippen LogP contribution in [0.4, 0.5) is 0 Å². The summed E-state index contributed by atoms with van der Waals surface area (Å²) in [6, 6.07) is 0.536. The number of nitrogens with zero attached hydrogens (tertiary/aromatic N) is 2. The lowest BCUT2D eigenvalue weighted by Crippen LogP contribution is -2.20. The summed E-state index contributed by atoms with van der Waals surface area (Å²) in [5, 5.41) is 7.83. The molecule has 0 amide bonds. The van der Waals surface area contributed by atoms with Crippen molar-refractivity contribution in [3.05, 3.63) is 18.0 Å². The van der Waals surface area contributed by atoms with Crippen LogP contribution in [0, 0.1) is 0 Å². The molecule has 90 valence electrons. The van der Waals surface area contributed by atoms with Gasteiger partial charge < -0.3 is 10.1 Å². The summed E-state index contributed by atoms with van der Waals surface area (Å²) in [5.41, 5.74) is 1.28. The standard InChI is InChI=1S/C12H21N3O/c1-2-5-13-8-11-9-14-15(10-11)12-3-6-16-7-4-12/h9-10,12-13H,2-8H2,1H3. The van der Waals surface area contributed by atoms with Crippen LogP contribution >= 0.6 is 0 Å². The Kier molecular flexibility index (Phi) is 4.36. The van der Waals surface area contributed by atoms with E-state index in [1.165, 1.54) is 12.0 Å². The zero-order chi connectivity index (χ0) is 11.2. The Morgan fingerprint density at radius 3 is 3.06 bits per heavy atom. The second-order valence-corrected chi connectivity index (χ2v) is 4.35. The van der Waals surface area contributed by atoms with Crippen LogP contribution in [0.2, 0.25) is 0 Å². The number of aromatic nitrogens is 2. The van der Waals surface area contributed by atoms with Gasteiger partial charge in [0, 0.05) is 31.5 Å². The number of hydrogen-bond acceptors (Lipinski definition) is 3. The van der Waals surface area contributed by atoms with Crippen molar-refractivity contribution in [2.75, 3.05) is 19.8 Å². The maximum absolute atomic E-state index is 5.35. The Hall–Kier alpha value is -0.870. The second-order valence-electron chi connectivity index (χ2n) is 4.35. The monoisotopic (exact) mass is 223 g/mol. The molecule has 0 aliphatic carbocycles. The van der Waals surface area contributed by atoms with E-state index in [1.807, 2.05) is 6.20 Å². The van der Waals surface area contributed by atoms with Gasteiger partial charge in [0.15, 0.2) is 0 Å². The summed E-state index contributed by atoms with van der Waals surface area (Å²) in [4.78, 5) is 0. The molecule has 0 aromatic carbocycles. The molecule has 1 aliphatic heterocycles. The van der Waals surface area contributed by atoms with Crippen LogP contribution in [0.3, 0.4) is 0 Å². The Morgan fingerprint density at radius 2 is 2.31 bits per heavy atom. The van der Waals surface area contributed by atoms with E-state index >= 15 is 0 Å². The minimum atomic E-state index is 0.536. The third-order valence-corrected chi connectivity index (χ3v) is 2.98. The van der Waals surface area contributed by atoms with Crippen molar-refractivity contribution in [1.82, 2.24) is 15.1 Å². The van der Waals surface area contributed by atoms with E-state index in [-0.39, 0.29) is 0 Å². The van der Waals surface area contributed by atoms with Crippen LogP contribution in [-0.2, 0) is 11.3 Å². The highest BCUT2D eigenvalue weighted by Gasteiger charge is 2.16. The number of rotatable bonds is 5. The molecule has 2 heterocycles. The van der Waals surface area contributed by atoms with Gasteiger partial charge in [-0.2, -0.15) is 5.10 Å². The van der Waals surface area contributed by atoms with E-state index in [1.54, 1.807) is 0 Å². The van der Waals surface area contributed by atoms with Crippen molar-refractivity contribution >= 4 is 0 Å². The van der Waals surface area contributed by atoms with Gasteiger partial charge in [-0.25, -0.2) is 0 Å². The lowest BCUT2D eigenvalue weighted by atomic mass is 10.1. The molecule has 1 aromatic heterocycles. The molecule has 1 aromatic rings. The fourth-order valence-corrected chi connectivity index (χ4v) is 2.03. The zero-order valence-corrected chi connectivity index (χ0v) is 9.98. The molecule has 2 rings (SSSR count). The van der Waals surface area contributed by atoms with Gasteiger partial charge in [-0.05, 0) is 25.8 Å². The fraction of sp³-hybridized carbons (Fsp3) is 0.750. The van der Waals surface area contributed by atoms with Gasteiger partial charge in [0.1, 0.15) is 0 Å². The lowest BCUT2D eigenvalue weighted by molar-refractivity contribution is 0.0662. The first-order chi connectivity index (χ1) is 7.90. The van der Waals surface area contributed by atoms with Gasteiger partial charge in [0.2, 0.25) is 0 Å². The van der Waals surface area contributed by atoms with Crippen molar-refractivity contribution in [2.45, 2.75) is 38.8 Å². The van der Waals surface area contributed by atoms with Gasteiger partial charge in [-0.3, -0.25) is 4.68 Å². The molecule has 0 bridgehead atoms. The number of nitrogens with one attached hydrogen (secondary N) is 1. The van der Waals surface area contributed by atoms with Gasteiger partial charge >= 0.3 is 0 Å². The smallest absolute Gasteiger partial charge is 0.0563 e. The summed E-state index contributed by atoms with van der Waals surface area (Å²) in [6.45, 7) is 5.92. The van der Waals surface area contributed by atoms with Crippen molar-refractivity contribution in [3.63, 3.8) is 0 Å². The molecule has 4 nitrogen and oxygen atoms in total. The highest BCUT2D eigenvalue weighted by molar-refractivity contribution is 5.04. The summed E-state index contributed by atoms with van der Waals surface area (Å²) >= 11 is 0. The summed E-state index contributed by atoms with van der Waals surface area (Å²) in [7, 11) is 0. The van der Waals surface area contributed by atoms with E-state index < -0.39 is 0 Å². The Bertz CT molecular complexity index is 305. The molecule has 1 fully saturated rings. The third-order valence-electron chi connectivity index (χ3n) is 2.98. The molecule has 0 spiro atoms. The molecule has 1 N–H and O–H groups in total. The average molecular weight is 223 g/mol. The Labute approximate surface area is 97.0 Å². The molecule has 0 unspecified atom stereocenters. The van der Waals surface area contributed by atoms with Crippen LogP contribution in [-0.4, -0.2) is 29.5 Å². The predicted molar refractivity (Wildman–Crippen MR) is 63.3 cm³/mol. The molecule has 0 radical (unpaired) electrons. The molecule has 1 aliphatic rings. The third kappa shape index (κ3) is 3.06. The van der Waals surface area contributed by atoms with Crippen LogP contribution in [0.25, 0.3) is 0 Å². The first-order valence-electron chi connectivity index (χ1n) is 6.21. The highest BCUT2D eigenvalue weighted by Crippen LogP contribution is 2.19. The SMILES string of the molecule is CCCNCc1cnn(C2CCOCC2)c1. The van der Waals surface area contributed by atoms with Crippen molar-refractivity contribution in [1.29, 1.82) is 0 Å². The van der Waals surface area contributed by atoms with E-state index in [9.17, 15) is 0 Å². The second kappa shape index (κ2) is 6.01. The van der Waals surface area contributed by atoms with Crippen LogP contribution in [0.5, 0.6) is 0 Å². The molecule has 0 atom stereocenters. The number of hydrogen-bond donors (Lipinski definition) is 1. The first kappa shape index (κ1) is 11.6. The van der Waals surface area contributed by atoms with E-state index in [0.29, 0.717) is 6.04 Å². The van der Waals surface area contributed by atoms with Crippen LogP contribution in [0.15, 0.2) is 12.4 Å². The van der Waals surface area contributed by atoms with Gasteiger partial charge in [0.25, 0.3) is 0 Å². The highest BCUT2D eigenvalue weighted by atomic mass is 16.5. The molecular weight excluding hydrogens is 202 g/mol. The lowest BCUT2D eigenvalue weighted by Gasteiger charge is -2.22. The van der Waals surface area contributed by atoms with Crippen LogP contribution in [0.1, 0.15) is 37.8 Å². The summed E-state index contributed by atoms with van der Waals surface area (Å²) in [5.74, 6) is 0. The largest absolute Gasteiger partial charge is 0.381 e. The summed E-state index contributed by atoms with van der Waals surface area (Å²) in [6.07, 6.45) is 7.48. The molecular formula is C12H21N3O. The minimum Gasteiger partial charge on any atom is -0.381 e. The maximum atomic E-state index is 5.35. The molecule has 1 saturated heterocycles. The Balaban J connectivity index is 1.85. The van der Waals surface area contributed by atoms with Crippen molar-refractivity contribution in [2.24, 2.45) is 0 Å². The van der Waals surface area contributed by atoms with Crippen molar-refractivity contribution < 1.29 is 4.74 Å². The quantitative estimate of drug-likeness (QED) is 0.773. The molecule has 0 saturated carbocycles. The fourth-order valence-electron chi connectivity index (χ4n) is 2.03. The maximum Gasteiger partial charge on any atom is 0.0563 e. The molecule has 4 heteroatoms. The summed E-state index contributed by atoms with van der Waals surface area (Å²) < 4.78 is 7.46. The van der Waals surface area contributed by atoms with Crippen molar-refractivity contribution in [3.8, 4) is 0 Å². The van der Waals surface area contributed by atoms with E-state index in [4.69, 9.17) is 4.74 Å². The Morgan fingerprint density at radius 1 is 1.50 bits per heavy atom. The van der Waals surface area contributed by atoms with Gasteiger partial charge in [-0.1, -0.05) is 6.92 Å². The van der Waals surface area contributed by atoms with E-state index in [0.717, 1.165) is 39.1 Å². The molecule has 16 heavy (non-hydrogen) atoms. The minimum absolute atomic E-state index is 0.536. The topological polar surface area (TPSA) is 39.1 Å². The predicted octanol–water partition coefficient (Wildman–Crippen LogP) is 1.73. The zero-order valence-electron chi connectivity index (χ0n) is 9.98. The van der Waals surface area contributed by atoms with Gasteiger partial charge in [-0.15, -0.1) is 0 Å². The van der Waals surface area contributed by atoms with E-state index in [2.05, 4.69) is 28.2 Å². The average Bonchev–Trinajstić information content (AvgIpc) is 2.79. The first-order valence-corrected chi connectivity index (χ1v) is 6.21. The normalized spacial score (nSPS) is 17.8. The van der Waals surface area contributed by atoms with Crippen LogP contribution < -0.4 is 5.32 Å². The number of ether oxygens (including phenoxy) is 1.